The van der Waals surface area contributed by atoms with Crippen LogP contribution in [0, 0.1) is 0 Å². The molecule has 0 spiro atoms. The van der Waals surface area contributed by atoms with Gasteiger partial charge in [-0.25, -0.2) is 9.97 Å². The van der Waals surface area contributed by atoms with Gasteiger partial charge in [0, 0.05) is 32.4 Å². The van der Waals surface area contributed by atoms with Crippen molar-refractivity contribution in [1.29, 1.82) is 0 Å². The number of amides is 1. The second-order valence-electron chi connectivity index (χ2n) is 6.63. The van der Waals surface area contributed by atoms with Gasteiger partial charge < -0.3 is 14.2 Å². The van der Waals surface area contributed by atoms with E-state index in [9.17, 15) is 18.0 Å². The van der Waals surface area contributed by atoms with Crippen LogP contribution in [-0.2, 0) is 11.0 Å². The van der Waals surface area contributed by atoms with Gasteiger partial charge in [-0.15, -0.1) is 0 Å². The summed E-state index contributed by atoms with van der Waals surface area (Å²) in [7, 11) is 0. The molecule has 158 valence electrons. The lowest BCUT2D eigenvalue weighted by Gasteiger charge is -2.35. The SMILES string of the molecule is O=C(CSc1nc2ccccc2o1)N1CCN(c2ncc(C(F)(F)F)cc2Cl)CC1. The summed E-state index contributed by atoms with van der Waals surface area (Å²) >= 11 is 7.24. The first-order valence-electron chi connectivity index (χ1n) is 9.05. The van der Waals surface area contributed by atoms with Crippen LogP contribution in [0.5, 0.6) is 0 Å². The molecular weight excluding hydrogens is 441 g/mol. The largest absolute Gasteiger partial charge is 0.431 e. The number of benzene rings is 1. The molecule has 0 saturated carbocycles. The van der Waals surface area contributed by atoms with Gasteiger partial charge >= 0.3 is 6.18 Å². The van der Waals surface area contributed by atoms with Crippen molar-refractivity contribution >= 4 is 46.2 Å². The lowest BCUT2D eigenvalue weighted by Crippen LogP contribution is -2.49. The minimum absolute atomic E-state index is 0.0592. The lowest BCUT2D eigenvalue weighted by atomic mass is 10.2. The number of hydrogen-bond acceptors (Lipinski definition) is 6. The third-order valence-electron chi connectivity index (χ3n) is 4.67. The van der Waals surface area contributed by atoms with Gasteiger partial charge in [-0.05, 0) is 18.2 Å². The maximum absolute atomic E-state index is 12.8. The summed E-state index contributed by atoms with van der Waals surface area (Å²) in [5.41, 5.74) is 0.519. The fourth-order valence-electron chi connectivity index (χ4n) is 3.11. The van der Waals surface area contributed by atoms with Crippen LogP contribution >= 0.6 is 23.4 Å². The average Bonchev–Trinajstić information content (AvgIpc) is 3.14. The molecule has 30 heavy (non-hydrogen) atoms. The summed E-state index contributed by atoms with van der Waals surface area (Å²) in [6.07, 6.45) is -3.72. The van der Waals surface area contributed by atoms with E-state index >= 15 is 0 Å². The van der Waals surface area contributed by atoms with Gasteiger partial charge in [0.25, 0.3) is 5.22 Å². The third-order valence-corrected chi connectivity index (χ3v) is 5.77. The minimum Gasteiger partial charge on any atom is -0.431 e. The summed E-state index contributed by atoms with van der Waals surface area (Å²) in [6, 6.07) is 8.24. The molecule has 3 heterocycles. The lowest BCUT2D eigenvalue weighted by molar-refractivity contribution is -0.137. The Morgan fingerprint density at radius 2 is 1.93 bits per heavy atom. The van der Waals surface area contributed by atoms with Gasteiger partial charge in [-0.2, -0.15) is 13.2 Å². The predicted molar refractivity (Wildman–Crippen MR) is 108 cm³/mol. The third kappa shape index (κ3) is 4.49. The number of fused-ring (bicyclic) bond motifs is 1. The molecule has 1 aromatic carbocycles. The standard InChI is InChI=1S/C19H16ClF3N4O2S/c20-13-9-12(19(21,22)23)10-24-17(13)27-7-5-26(6-8-27)16(28)11-30-18-25-14-3-1-2-4-15(14)29-18/h1-4,9-10H,5-8,11H2. The molecule has 3 aromatic rings. The van der Waals surface area contributed by atoms with E-state index in [4.69, 9.17) is 16.0 Å². The minimum atomic E-state index is -4.49. The average molecular weight is 457 g/mol. The highest BCUT2D eigenvalue weighted by Crippen LogP contribution is 2.33. The number of thioether (sulfide) groups is 1. The summed E-state index contributed by atoms with van der Waals surface area (Å²) < 4.78 is 43.9. The molecule has 1 aliphatic rings. The molecule has 1 amide bonds. The van der Waals surface area contributed by atoms with Crippen molar-refractivity contribution in [2.24, 2.45) is 0 Å². The highest BCUT2D eigenvalue weighted by Gasteiger charge is 2.32. The van der Waals surface area contributed by atoms with Crippen molar-refractivity contribution < 1.29 is 22.4 Å². The number of carbonyl (C=O) groups excluding carboxylic acids is 1. The van der Waals surface area contributed by atoms with Crippen LogP contribution in [0.15, 0.2) is 46.2 Å². The van der Waals surface area contributed by atoms with Gasteiger partial charge in [0.2, 0.25) is 5.91 Å². The molecule has 0 aliphatic carbocycles. The molecule has 1 aliphatic heterocycles. The van der Waals surface area contributed by atoms with E-state index in [2.05, 4.69) is 9.97 Å². The van der Waals surface area contributed by atoms with E-state index < -0.39 is 11.7 Å². The number of oxazole rings is 1. The number of hydrogen-bond donors (Lipinski definition) is 0. The Kier molecular flexibility index (Phi) is 5.79. The fourth-order valence-corrected chi connectivity index (χ4v) is 4.14. The number of pyridine rings is 1. The van der Waals surface area contributed by atoms with Crippen molar-refractivity contribution in [3.8, 4) is 0 Å². The zero-order valence-corrected chi connectivity index (χ0v) is 17.1. The number of piperazine rings is 1. The van der Waals surface area contributed by atoms with Crippen LogP contribution in [0.4, 0.5) is 19.0 Å². The summed E-state index contributed by atoms with van der Waals surface area (Å²) in [4.78, 5) is 24.2. The van der Waals surface area contributed by atoms with Gasteiger partial charge in [-0.1, -0.05) is 35.5 Å². The number of nitrogens with zero attached hydrogens (tertiary/aromatic N) is 4. The Balaban J connectivity index is 1.32. The molecule has 6 nitrogen and oxygen atoms in total. The van der Waals surface area contributed by atoms with E-state index in [0.717, 1.165) is 17.8 Å². The Bertz CT molecular complexity index is 1030. The predicted octanol–water partition coefficient (Wildman–Crippen LogP) is 4.34. The van der Waals surface area contributed by atoms with Crippen LogP contribution < -0.4 is 4.90 Å². The summed E-state index contributed by atoms with van der Waals surface area (Å²) in [6.45, 7) is 1.70. The zero-order chi connectivity index (χ0) is 21.3. The molecule has 2 aromatic heterocycles. The normalized spacial score (nSPS) is 15.1. The van der Waals surface area contributed by atoms with E-state index in [-0.39, 0.29) is 22.5 Å². The molecule has 0 radical (unpaired) electrons. The molecule has 1 saturated heterocycles. The molecule has 0 unspecified atom stereocenters. The van der Waals surface area contributed by atoms with Crippen molar-refractivity contribution in [1.82, 2.24) is 14.9 Å². The number of anilines is 1. The number of halogens is 4. The van der Waals surface area contributed by atoms with Gasteiger partial charge in [0.1, 0.15) is 11.3 Å². The number of rotatable bonds is 4. The fraction of sp³-hybridized carbons (Fsp3) is 0.316. The Labute approximate surface area is 179 Å². The van der Waals surface area contributed by atoms with Crippen molar-refractivity contribution in [2.75, 3.05) is 36.8 Å². The molecule has 4 rings (SSSR count). The van der Waals surface area contributed by atoms with Crippen molar-refractivity contribution in [3.05, 3.63) is 47.1 Å². The second-order valence-corrected chi connectivity index (χ2v) is 7.96. The van der Waals surface area contributed by atoms with Gasteiger partial charge in [0.05, 0.1) is 16.3 Å². The van der Waals surface area contributed by atoms with Crippen LogP contribution in [0.1, 0.15) is 5.56 Å². The Morgan fingerprint density at radius 1 is 1.20 bits per heavy atom. The molecule has 0 atom stereocenters. The molecule has 0 N–H and O–H groups in total. The van der Waals surface area contributed by atoms with Crippen molar-refractivity contribution in [3.63, 3.8) is 0 Å². The monoisotopic (exact) mass is 456 g/mol. The van der Waals surface area contributed by atoms with Crippen molar-refractivity contribution in [2.45, 2.75) is 11.4 Å². The number of aromatic nitrogens is 2. The summed E-state index contributed by atoms with van der Waals surface area (Å²) in [5, 5.41) is 0.375. The first kappa shape index (κ1) is 20.8. The Hall–Kier alpha value is -2.46. The molecule has 0 bridgehead atoms. The van der Waals surface area contributed by atoms with Gasteiger partial charge in [-0.3, -0.25) is 4.79 Å². The second kappa shape index (κ2) is 8.35. The maximum atomic E-state index is 12.8. The van der Waals surface area contributed by atoms with Crippen LogP contribution in [0.25, 0.3) is 11.1 Å². The van der Waals surface area contributed by atoms with E-state index in [0.29, 0.717) is 37.0 Å². The van der Waals surface area contributed by atoms with Crippen LogP contribution in [0.2, 0.25) is 5.02 Å². The molecular formula is C19H16ClF3N4O2S. The van der Waals surface area contributed by atoms with E-state index in [1.165, 1.54) is 11.8 Å². The first-order chi connectivity index (χ1) is 14.3. The molecule has 1 fully saturated rings. The van der Waals surface area contributed by atoms with E-state index in [1.807, 2.05) is 24.3 Å². The number of alkyl halides is 3. The topological polar surface area (TPSA) is 62.5 Å². The van der Waals surface area contributed by atoms with Crippen LogP contribution in [0.3, 0.4) is 0 Å². The highest BCUT2D eigenvalue weighted by molar-refractivity contribution is 7.99. The quantitative estimate of drug-likeness (QED) is 0.544. The smallest absolute Gasteiger partial charge is 0.417 e. The zero-order valence-electron chi connectivity index (χ0n) is 15.5. The van der Waals surface area contributed by atoms with E-state index in [1.54, 1.807) is 9.80 Å². The number of carbonyl (C=O) groups is 1. The highest BCUT2D eigenvalue weighted by atomic mass is 35.5. The summed E-state index contributed by atoms with van der Waals surface area (Å²) in [5.74, 6) is 0.414. The number of para-hydroxylation sites is 2. The first-order valence-corrected chi connectivity index (χ1v) is 10.4. The van der Waals surface area contributed by atoms with Crippen LogP contribution in [-0.4, -0.2) is 52.7 Å². The maximum Gasteiger partial charge on any atom is 0.417 e. The molecule has 11 heteroatoms. The Morgan fingerprint density at radius 3 is 2.60 bits per heavy atom. The van der Waals surface area contributed by atoms with Gasteiger partial charge in [0.15, 0.2) is 5.58 Å².